The van der Waals surface area contributed by atoms with Crippen LogP contribution in [0.25, 0.3) is 0 Å². The summed E-state index contributed by atoms with van der Waals surface area (Å²) in [5.41, 5.74) is -3.21. The number of alkyl halides is 3. The Kier molecular flexibility index (Phi) is 3.24. The van der Waals surface area contributed by atoms with E-state index in [1.165, 1.54) is 12.1 Å². The summed E-state index contributed by atoms with van der Waals surface area (Å²) < 4.78 is 40.2. The average Bonchev–Trinajstić information content (AvgIpc) is 3.08. The molecule has 0 radical (unpaired) electrons. The number of halogens is 3. The number of hydrogen-bond acceptors (Lipinski definition) is 5. The third-order valence-electron chi connectivity index (χ3n) is 3.04. The van der Waals surface area contributed by atoms with Gasteiger partial charge in [-0.2, -0.15) is 13.2 Å². The van der Waals surface area contributed by atoms with Crippen molar-refractivity contribution < 1.29 is 22.8 Å². The van der Waals surface area contributed by atoms with Gasteiger partial charge in [0.2, 0.25) is 0 Å². The van der Waals surface area contributed by atoms with E-state index in [9.17, 15) is 22.8 Å². The van der Waals surface area contributed by atoms with Crippen LogP contribution in [0.5, 0.6) is 0 Å². The fraction of sp³-hybridized carbons (Fsp3) is 0.364. The fourth-order valence-corrected chi connectivity index (χ4v) is 3.65. The normalized spacial score (nSPS) is 25.0. The van der Waals surface area contributed by atoms with Gasteiger partial charge in [0, 0.05) is 12.3 Å². The summed E-state index contributed by atoms with van der Waals surface area (Å²) in [6.45, 7) is 0.162. The SMILES string of the molecule is O=C(NC1(C(F)(F)F)N=C2SCCN2C1=O)c1cccs1. The summed E-state index contributed by atoms with van der Waals surface area (Å²) >= 11 is 2.05. The second-order valence-corrected chi connectivity index (χ2v) is 6.35. The molecule has 0 bridgehead atoms. The molecule has 0 aliphatic carbocycles. The molecule has 10 heteroatoms. The van der Waals surface area contributed by atoms with Gasteiger partial charge in [0.05, 0.1) is 4.88 Å². The molecule has 3 heterocycles. The van der Waals surface area contributed by atoms with Gasteiger partial charge < -0.3 is 5.32 Å². The number of aliphatic imine (C=N–C) groups is 1. The molecule has 1 atom stereocenters. The first-order chi connectivity index (χ1) is 9.85. The van der Waals surface area contributed by atoms with Gasteiger partial charge in [-0.15, -0.1) is 11.3 Å². The van der Waals surface area contributed by atoms with Gasteiger partial charge in [0.1, 0.15) is 0 Å². The first kappa shape index (κ1) is 14.4. The average molecular weight is 335 g/mol. The van der Waals surface area contributed by atoms with Crippen molar-refractivity contribution >= 4 is 40.1 Å². The number of nitrogens with one attached hydrogen (secondary N) is 1. The standard InChI is InChI=1S/C11H8F3N3O2S2/c12-11(13,14)10(15-7(18)6-2-1-4-20-6)8(19)17-3-5-21-9(17)16-10/h1-2,4H,3,5H2,(H,15,18). The van der Waals surface area contributed by atoms with Crippen LogP contribution < -0.4 is 5.32 Å². The predicted molar refractivity (Wildman–Crippen MR) is 72.2 cm³/mol. The molecule has 1 N–H and O–H groups in total. The lowest BCUT2D eigenvalue weighted by atomic mass is 10.1. The van der Waals surface area contributed by atoms with Crippen LogP contribution in [-0.4, -0.2) is 46.0 Å². The van der Waals surface area contributed by atoms with Crippen LogP contribution in [0.2, 0.25) is 0 Å². The fourth-order valence-electron chi connectivity index (χ4n) is 2.04. The highest BCUT2D eigenvalue weighted by atomic mass is 32.2. The number of nitrogens with zero attached hydrogens (tertiary/aromatic N) is 2. The van der Waals surface area contributed by atoms with Crippen LogP contribution in [0.1, 0.15) is 9.67 Å². The third-order valence-corrected chi connectivity index (χ3v) is 4.87. The van der Waals surface area contributed by atoms with E-state index in [4.69, 9.17) is 0 Å². The molecular formula is C11H8F3N3O2S2. The van der Waals surface area contributed by atoms with Gasteiger partial charge in [-0.05, 0) is 11.4 Å². The smallest absolute Gasteiger partial charge is 0.311 e. The van der Waals surface area contributed by atoms with Crippen molar-refractivity contribution in [3.8, 4) is 0 Å². The quantitative estimate of drug-likeness (QED) is 0.894. The van der Waals surface area contributed by atoms with E-state index < -0.39 is 23.7 Å². The zero-order valence-electron chi connectivity index (χ0n) is 10.3. The molecule has 2 amide bonds. The molecule has 0 spiro atoms. The maximum Gasteiger partial charge on any atom is 0.442 e. The van der Waals surface area contributed by atoms with Crippen LogP contribution >= 0.6 is 23.1 Å². The molecule has 2 aliphatic heterocycles. The predicted octanol–water partition coefficient (Wildman–Crippen LogP) is 1.68. The highest BCUT2D eigenvalue weighted by Crippen LogP contribution is 2.41. The van der Waals surface area contributed by atoms with E-state index >= 15 is 0 Å². The van der Waals surface area contributed by atoms with Crippen molar-refractivity contribution in [3.63, 3.8) is 0 Å². The van der Waals surface area contributed by atoms with Crippen LogP contribution in [-0.2, 0) is 4.79 Å². The minimum absolute atomic E-state index is 0.00352. The van der Waals surface area contributed by atoms with E-state index in [0.29, 0.717) is 5.75 Å². The van der Waals surface area contributed by atoms with E-state index in [0.717, 1.165) is 28.0 Å². The molecule has 0 aromatic carbocycles. The molecule has 1 saturated heterocycles. The molecule has 5 nitrogen and oxygen atoms in total. The first-order valence-corrected chi connectivity index (χ1v) is 7.69. The Morgan fingerprint density at radius 2 is 2.24 bits per heavy atom. The number of carbonyl (C=O) groups excluding carboxylic acids is 2. The second kappa shape index (κ2) is 4.73. The van der Waals surface area contributed by atoms with Crippen molar-refractivity contribution in [1.29, 1.82) is 0 Å². The van der Waals surface area contributed by atoms with Gasteiger partial charge in [0.15, 0.2) is 5.17 Å². The molecular weight excluding hydrogens is 327 g/mol. The van der Waals surface area contributed by atoms with Crippen LogP contribution in [0, 0.1) is 0 Å². The van der Waals surface area contributed by atoms with Gasteiger partial charge in [0.25, 0.3) is 11.8 Å². The minimum Gasteiger partial charge on any atom is -0.311 e. The Hall–Kier alpha value is -1.55. The molecule has 1 unspecified atom stereocenters. The van der Waals surface area contributed by atoms with E-state index in [1.807, 2.05) is 0 Å². The lowest BCUT2D eigenvalue weighted by Crippen LogP contribution is -2.63. The summed E-state index contributed by atoms with van der Waals surface area (Å²) in [4.78, 5) is 28.6. The van der Waals surface area contributed by atoms with Crippen molar-refractivity contribution in [1.82, 2.24) is 10.2 Å². The molecule has 112 valence electrons. The van der Waals surface area contributed by atoms with E-state index in [-0.39, 0.29) is 16.6 Å². The largest absolute Gasteiger partial charge is 0.442 e. The van der Waals surface area contributed by atoms with Crippen molar-refractivity contribution in [2.75, 3.05) is 12.3 Å². The summed E-state index contributed by atoms with van der Waals surface area (Å²) in [6, 6.07) is 2.92. The number of fused-ring (bicyclic) bond motifs is 1. The minimum atomic E-state index is -5.01. The highest BCUT2D eigenvalue weighted by Gasteiger charge is 2.67. The molecule has 0 saturated carbocycles. The van der Waals surface area contributed by atoms with Crippen LogP contribution in [0.15, 0.2) is 22.5 Å². The molecule has 3 rings (SSSR count). The Balaban J connectivity index is 1.98. The molecule has 21 heavy (non-hydrogen) atoms. The lowest BCUT2D eigenvalue weighted by molar-refractivity contribution is -0.196. The van der Waals surface area contributed by atoms with E-state index in [2.05, 4.69) is 4.99 Å². The summed E-state index contributed by atoms with van der Waals surface area (Å²) in [5, 5.41) is 3.33. The number of thioether (sulfide) groups is 1. The zero-order chi connectivity index (χ0) is 15.3. The summed E-state index contributed by atoms with van der Waals surface area (Å²) in [5.74, 6) is -1.72. The molecule has 1 fully saturated rings. The van der Waals surface area contributed by atoms with Crippen LogP contribution in [0.4, 0.5) is 13.2 Å². The van der Waals surface area contributed by atoms with Crippen molar-refractivity contribution in [3.05, 3.63) is 22.4 Å². The number of rotatable bonds is 2. The molecule has 1 aromatic rings. The highest BCUT2D eigenvalue weighted by molar-refractivity contribution is 8.14. The summed E-state index contributed by atoms with van der Waals surface area (Å²) in [6.07, 6.45) is -5.01. The van der Waals surface area contributed by atoms with Crippen molar-refractivity contribution in [2.24, 2.45) is 4.99 Å². The maximum atomic E-state index is 13.4. The number of amides is 2. The second-order valence-electron chi connectivity index (χ2n) is 4.34. The number of amidine groups is 1. The Labute approximate surface area is 125 Å². The third kappa shape index (κ3) is 2.13. The zero-order valence-corrected chi connectivity index (χ0v) is 11.9. The van der Waals surface area contributed by atoms with Gasteiger partial charge in [-0.3, -0.25) is 14.5 Å². The number of carbonyl (C=O) groups is 2. The maximum absolute atomic E-state index is 13.4. The van der Waals surface area contributed by atoms with Crippen LogP contribution in [0.3, 0.4) is 0 Å². The molecule has 1 aromatic heterocycles. The Bertz CT molecular complexity index is 629. The van der Waals surface area contributed by atoms with E-state index in [1.54, 1.807) is 10.7 Å². The van der Waals surface area contributed by atoms with Crippen molar-refractivity contribution in [2.45, 2.75) is 11.8 Å². The van der Waals surface area contributed by atoms with Gasteiger partial charge in [-0.25, -0.2) is 4.99 Å². The Morgan fingerprint density at radius 3 is 2.81 bits per heavy atom. The monoisotopic (exact) mass is 335 g/mol. The number of hydrogen-bond donors (Lipinski definition) is 1. The first-order valence-electron chi connectivity index (χ1n) is 5.82. The van der Waals surface area contributed by atoms with Gasteiger partial charge in [-0.1, -0.05) is 17.8 Å². The number of thiophene rings is 1. The van der Waals surface area contributed by atoms with Gasteiger partial charge >= 0.3 is 11.8 Å². The topological polar surface area (TPSA) is 61.8 Å². The Morgan fingerprint density at radius 1 is 1.48 bits per heavy atom. The lowest BCUT2D eigenvalue weighted by Gasteiger charge is -2.28. The molecule has 2 aliphatic rings. The summed E-state index contributed by atoms with van der Waals surface area (Å²) in [7, 11) is 0.